The summed E-state index contributed by atoms with van der Waals surface area (Å²) in [5, 5.41) is 4.39. The zero-order chi connectivity index (χ0) is 13.0. The van der Waals surface area contributed by atoms with Gasteiger partial charge in [-0.3, -0.25) is 4.79 Å². The van der Waals surface area contributed by atoms with Crippen LogP contribution in [0.3, 0.4) is 0 Å². The number of ether oxygens (including phenoxy) is 1. The molecule has 1 aromatic carbocycles. The second-order valence-corrected chi connectivity index (χ2v) is 4.20. The van der Waals surface area contributed by atoms with Crippen LogP contribution in [-0.4, -0.2) is 18.2 Å². The third-order valence-electron chi connectivity index (χ3n) is 2.56. The van der Waals surface area contributed by atoms with Gasteiger partial charge in [0.1, 0.15) is 0 Å². The van der Waals surface area contributed by atoms with Gasteiger partial charge in [0.25, 0.3) is 0 Å². The van der Waals surface area contributed by atoms with Crippen LogP contribution in [0.4, 0.5) is 0 Å². The second-order valence-electron chi connectivity index (χ2n) is 3.77. The van der Waals surface area contributed by atoms with Crippen LogP contribution in [0.25, 0.3) is 11.3 Å². The summed E-state index contributed by atoms with van der Waals surface area (Å²) in [6, 6.07) is 7.30. The van der Waals surface area contributed by atoms with Gasteiger partial charge in [-0.15, -0.1) is 0 Å². The first kappa shape index (κ1) is 12.6. The van der Waals surface area contributed by atoms with Crippen LogP contribution < -0.4 is 0 Å². The number of halogens is 1. The number of aromatic nitrogens is 1. The first-order chi connectivity index (χ1) is 8.70. The molecule has 0 N–H and O–H groups in total. The van der Waals surface area contributed by atoms with E-state index in [0.29, 0.717) is 23.6 Å². The lowest BCUT2D eigenvalue weighted by atomic mass is 10.1. The van der Waals surface area contributed by atoms with E-state index in [4.69, 9.17) is 16.1 Å². The van der Waals surface area contributed by atoms with E-state index < -0.39 is 0 Å². The highest BCUT2D eigenvalue weighted by Gasteiger charge is 2.12. The summed E-state index contributed by atoms with van der Waals surface area (Å²) < 4.78 is 9.81. The first-order valence-electron chi connectivity index (χ1n) is 5.47. The van der Waals surface area contributed by atoms with E-state index in [1.54, 1.807) is 18.3 Å². The van der Waals surface area contributed by atoms with Crippen molar-refractivity contribution in [2.24, 2.45) is 0 Å². The van der Waals surface area contributed by atoms with Gasteiger partial charge in [0, 0.05) is 22.6 Å². The Morgan fingerprint density at radius 1 is 1.50 bits per heavy atom. The molecule has 0 bridgehead atoms. The summed E-state index contributed by atoms with van der Waals surface area (Å²) in [7, 11) is 1.37. The molecule has 0 unspecified atom stereocenters. The molecule has 0 aliphatic heterocycles. The molecule has 2 aromatic rings. The van der Waals surface area contributed by atoms with Crippen LogP contribution in [0, 0.1) is 0 Å². The van der Waals surface area contributed by atoms with Crippen molar-refractivity contribution in [2.45, 2.75) is 12.8 Å². The quantitative estimate of drug-likeness (QED) is 0.797. The fourth-order valence-corrected chi connectivity index (χ4v) is 1.83. The Balaban J connectivity index is 2.20. The molecule has 0 aliphatic rings. The highest BCUT2D eigenvalue weighted by molar-refractivity contribution is 6.30. The zero-order valence-electron chi connectivity index (χ0n) is 9.85. The number of carbonyl (C=O) groups is 1. The van der Waals surface area contributed by atoms with Gasteiger partial charge in [0.2, 0.25) is 0 Å². The fourth-order valence-electron chi connectivity index (χ4n) is 1.64. The van der Waals surface area contributed by atoms with Crippen LogP contribution >= 0.6 is 11.6 Å². The molecular weight excluding hydrogens is 254 g/mol. The molecule has 0 saturated heterocycles. The van der Waals surface area contributed by atoms with Crippen LogP contribution in [0.5, 0.6) is 0 Å². The predicted octanol–water partition coefficient (Wildman–Crippen LogP) is 3.10. The van der Waals surface area contributed by atoms with Crippen molar-refractivity contribution >= 4 is 17.6 Å². The van der Waals surface area contributed by atoms with Crippen molar-refractivity contribution in [3.05, 3.63) is 41.0 Å². The molecule has 1 heterocycles. The minimum atomic E-state index is -0.256. The highest BCUT2D eigenvalue weighted by atomic mass is 35.5. The van der Waals surface area contributed by atoms with Crippen LogP contribution in [0.1, 0.15) is 12.0 Å². The van der Waals surface area contributed by atoms with Gasteiger partial charge in [-0.2, -0.15) is 0 Å². The van der Waals surface area contributed by atoms with Crippen LogP contribution in [0.2, 0.25) is 5.02 Å². The van der Waals surface area contributed by atoms with Gasteiger partial charge in [0.05, 0.1) is 13.3 Å². The van der Waals surface area contributed by atoms with E-state index in [1.807, 2.05) is 12.1 Å². The number of aryl methyl sites for hydroxylation is 1. The third-order valence-corrected chi connectivity index (χ3v) is 2.79. The molecular formula is C13H12ClNO3. The molecule has 2 rings (SSSR count). The van der Waals surface area contributed by atoms with Gasteiger partial charge in [-0.1, -0.05) is 28.9 Å². The molecule has 0 radical (unpaired) electrons. The topological polar surface area (TPSA) is 52.3 Å². The first-order valence-corrected chi connectivity index (χ1v) is 5.85. The van der Waals surface area contributed by atoms with Crippen molar-refractivity contribution in [1.82, 2.24) is 5.16 Å². The normalized spacial score (nSPS) is 10.3. The van der Waals surface area contributed by atoms with Crippen molar-refractivity contribution in [2.75, 3.05) is 7.11 Å². The maximum Gasteiger partial charge on any atom is 0.305 e. The molecule has 0 aliphatic carbocycles. The molecule has 18 heavy (non-hydrogen) atoms. The average Bonchev–Trinajstić information content (AvgIpc) is 2.84. The summed E-state index contributed by atoms with van der Waals surface area (Å²) in [4.78, 5) is 11.1. The van der Waals surface area contributed by atoms with Gasteiger partial charge >= 0.3 is 5.97 Å². The van der Waals surface area contributed by atoms with Crippen molar-refractivity contribution < 1.29 is 14.1 Å². The lowest BCUT2D eigenvalue weighted by Gasteiger charge is -2.01. The molecule has 0 amide bonds. The molecule has 0 saturated carbocycles. The summed E-state index contributed by atoms with van der Waals surface area (Å²) >= 11 is 5.93. The Morgan fingerprint density at radius 3 is 3.06 bits per heavy atom. The van der Waals surface area contributed by atoms with E-state index in [-0.39, 0.29) is 5.97 Å². The smallest absolute Gasteiger partial charge is 0.305 e. The van der Waals surface area contributed by atoms with Gasteiger partial charge in [-0.05, 0) is 18.6 Å². The summed E-state index contributed by atoms with van der Waals surface area (Å²) in [5.41, 5.74) is 1.71. The Bertz CT molecular complexity index is 551. The number of carbonyl (C=O) groups excluding carboxylic acids is 1. The Morgan fingerprint density at radius 2 is 2.33 bits per heavy atom. The number of hydrogen-bond acceptors (Lipinski definition) is 4. The van der Waals surface area contributed by atoms with Gasteiger partial charge in [0.15, 0.2) is 5.76 Å². The minimum absolute atomic E-state index is 0.256. The molecule has 4 nitrogen and oxygen atoms in total. The molecule has 94 valence electrons. The standard InChI is InChI=1S/C13H12ClNO3/c1-17-12(16)6-5-10-8-15-18-13(10)9-3-2-4-11(14)7-9/h2-4,7-8H,5-6H2,1H3. The second kappa shape index (κ2) is 5.69. The summed E-state index contributed by atoms with van der Waals surface area (Å²) in [5.74, 6) is 0.384. The largest absolute Gasteiger partial charge is 0.469 e. The Kier molecular flexibility index (Phi) is 3.99. The number of hydrogen-bond donors (Lipinski definition) is 0. The molecule has 0 spiro atoms. The van der Waals surface area contributed by atoms with E-state index in [2.05, 4.69) is 9.89 Å². The zero-order valence-corrected chi connectivity index (χ0v) is 10.6. The van der Waals surface area contributed by atoms with Crippen molar-refractivity contribution in [1.29, 1.82) is 0 Å². The third kappa shape index (κ3) is 2.90. The number of nitrogens with zero attached hydrogens (tertiary/aromatic N) is 1. The predicted molar refractivity (Wildman–Crippen MR) is 67.3 cm³/mol. The van der Waals surface area contributed by atoms with E-state index in [1.165, 1.54) is 7.11 Å². The average molecular weight is 266 g/mol. The van der Waals surface area contributed by atoms with E-state index in [0.717, 1.165) is 11.1 Å². The lowest BCUT2D eigenvalue weighted by Crippen LogP contribution is -2.01. The fraction of sp³-hybridized carbons (Fsp3) is 0.231. The van der Waals surface area contributed by atoms with Gasteiger partial charge < -0.3 is 9.26 Å². The molecule has 1 aromatic heterocycles. The summed E-state index contributed by atoms with van der Waals surface area (Å²) in [6.07, 6.45) is 2.43. The number of esters is 1. The maximum absolute atomic E-state index is 11.1. The Labute approximate surface area is 109 Å². The number of benzene rings is 1. The Hall–Kier alpha value is -1.81. The van der Waals surface area contributed by atoms with Crippen molar-refractivity contribution in [3.8, 4) is 11.3 Å². The van der Waals surface area contributed by atoms with E-state index >= 15 is 0 Å². The summed E-state index contributed by atoms with van der Waals surface area (Å²) in [6.45, 7) is 0. The van der Waals surface area contributed by atoms with Crippen LogP contribution in [-0.2, 0) is 16.0 Å². The van der Waals surface area contributed by atoms with Crippen molar-refractivity contribution in [3.63, 3.8) is 0 Å². The SMILES string of the molecule is COC(=O)CCc1cnoc1-c1cccc(Cl)c1. The molecule has 0 fully saturated rings. The lowest BCUT2D eigenvalue weighted by molar-refractivity contribution is -0.140. The van der Waals surface area contributed by atoms with Crippen LogP contribution in [0.15, 0.2) is 35.0 Å². The minimum Gasteiger partial charge on any atom is -0.469 e. The molecule has 5 heteroatoms. The highest BCUT2D eigenvalue weighted by Crippen LogP contribution is 2.26. The van der Waals surface area contributed by atoms with E-state index in [9.17, 15) is 4.79 Å². The molecule has 0 atom stereocenters. The number of methoxy groups -OCH3 is 1. The maximum atomic E-state index is 11.1. The van der Waals surface area contributed by atoms with Gasteiger partial charge in [-0.25, -0.2) is 0 Å². The number of rotatable bonds is 4. The monoisotopic (exact) mass is 265 g/mol.